The van der Waals surface area contributed by atoms with Crippen LogP contribution in [0.4, 0.5) is 0 Å². The summed E-state index contributed by atoms with van der Waals surface area (Å²) >= 11 is 0. The first kappa shape index (κ1) is 9.99. The summed E-state index contributed by atoms with van der Waals surface area (Å²) in [6.45, 7) is 5.41. The van der Waals surface area contributed by atoms with Gasteiger partial charge in [-0.15, -0.1) is 0 Å². The summed E-state index contributed by atoms with van der Waals surface area (Å²) in [5.74, 6) is -0.958. The number of carbonyl (C=O) groups excluding carboxylic acids is 2. The number of fused-ring (bicyclic) bond motifs is 1. The topological polar surface area (TPSA) is 72.8 Å². The fourth-order valence-corrected chi connectivity index (χ4v) is 3.15. The van der Waals surface area contributed by atoms with Crippen LogP contribution in [0.15, 0.2) is 12.3 Å². The van der Waals surface area contributed by atoms with Crippen molar-refractivity contribution in [3.8, 4) is 0 Å². The third-order valence-corrected chi connectivity index (χ3v) is 4.09. The lowest BCUT2D eigenvalue weighted by molar-refractivity contribution is -0.162. The molecule has 3 rings (SSSR count). The number of rotatable bonds is 0. The van der Waals surface area contributed by atoms with Gasteiger partial charge >= 0.3 is 5.97 Å². The summed E-state index contributed by atoms with van der Waals surface area (Å²) in [6, 6.07) is 0. The van der Waals surface area contributed by atoms with E-state index in [2.05, 4.69) is 6.58 Å². The molecule has 2 heterocycles. The summed E-state index contributed by atoms with van der Waals surface area (Å²) in [5.41, 5.74) is -1.25. The van der Waals surface area contributed by atoms with Gasteiger partial charge in [0.2, 0.25) is 0 Å². The second-order valence-corrected chi connectivity index (χ2v) is 4.71. The number of aliphatic hydroxyl groups is 1. The lowest BCUT2D eigenvalue weighted by atomic mass is 9.63. The monoisotopic (exact) mass is 224 g/mol. The number of cyclic esters (lactones) is 1. The van der Waals surface area contributed by atoms with Crippen LogP contribution in [0.2, 0.25) is 0 Å². The maximum Gasteiger partial charge on any atom is 0.323 e. The van der Waals surface area contributed by atoms with Crippen LogP contribution in [0.5, 0.6) is 0 Å². The van der Waals surface area contributed by atoms with Crippen molar-refractivity contribution in [3.05, 3.63) is 12.3 Å². The Balaban J connectivity index is 2.19. The molecule has 2 bridgehead atoms. The normalized spacial score (nSPS) is 50.5. The Morgan fingerprint density at radius 2 is 2.19 bits per heavy atom. The fourth-order valence-electron chi connectivity index (χ4n) is 3.15. The van der Waals surface area contributed by atoms with Crippen molar-refractivity contribution in [2.24, 2.45) is 11.3 Å². The molecule has 0 unspecified atom stereocenters. The van der Waals surface area contributed by atoms with Gasteiger partial charge in [-0.3, -0.25) is 9.59 Å². The van der Waals surface area contributed by atoms with Gasteiger partial charge in [-0.2, -0.15) is 0 Å². The maximum atomic E-state index is 11.9. The molecular weight excluding hydrogens is 212 g/mol. The van der Waals surface area contributed by atoms with E-state index < -0.39 is 23.6 Å². The van der Waals surface area contributed by atoms with Gasteiger partial charge in [0.15, 0.2) is 5.78 Å². The molecule has 1 spiro atoms. The first-order chi connectivity index (χ1) is 7.49. The molecule has 5 atom stereocenters. The average Bonchev–Trinajstić information content (AvgIpc) is 2.58. The standard InChI is InChI=1S/C11H12O5/c1-4-7-3-6(12)8(13)11(4)9(16-7)5(2)15-10(11)14/h4,7-9,13H,2-3H2,1H3/t4-,7-,8+,9+,11+/m1/s1. The molecule has 86 valence electrons. The van der Waals surface area contributed by atoms with E-state index in [0.29, 0.717) is 0 Å². The zero-order chi connectivity index (χ0) is 11.7. The highest BCUT2D eigenvalue weighted by molar-refractivity contribution is 5.96. The minimum Gasteiger partial charge on any atom is -0.428 e. The minimum absolute atomic E-state index is 0.154. The smallest absolute Gasteiger partial charge is 0.323 e. The van der Waals surface area contributed by atoms with E-state index in [1.807, 2.05) is 0 Å². The number of ketones is 1. The molecule has 1 aliphatic carbocycles. The molecule has 2 saturated heterocycles. The van der Waals surface area contributed by atoms with Gasteiger partial charge in [0.1, 0.15) is 23.4 Å². The summed E-state index contributed by atoms with van der Waals surface area (Å²) < 4.78 is 10.5. The molecule has 1 saturated carbocycles. The first-order valence-electron chi connectivity index (χ1n) is 5.27. The van der Waals surface area contributed by atoms with Gasteiger partial charge in [-0.25, -0.2) is 0 Å². The molecule has 0 radical (unpaired) electrons. The third-order valence-electron chi connectivity index (χ3n) is 4.09. The van der Waals surface area contributed by atoms with Crippen molar-refractivity contribution in [3.63, 3.8) is 0 Å². The Morgan fingerprint density at radius 3 is 2.88 bits per heavy atom. The van der Waals surface area contributed by atoms with Crippen molar-refractivity contribution in [1.29, 1.82) is 0 Å². The van der Waals surface area contributed by atoms with E-state index in [1.54, 1.807) is 6.92 Å². The Morgan fingerprint density at radius 1 is 1.50 bits per heavy atom. The quantitative estimate of drug-likeness (QED) is 0.576. The summed E-state index contributed by atoms with van der Waals surface area (Å²) in [5, 5.41) is 10.0. The second-order valence-electron chi connectivity index (χ2n) is 4.71. The van der Waals surface area contributed by atoms with Gasteiger partial charge in [0, 0.05) is 12.3 Å². The number of ether oxygens (including phenoxy) is 2. The lowest BCUT2D eigenvalue weighted by Crippen LogP contribution is -2.55. The van der Waals surface area contributed by atoms with E-state index >= 15 is 0 Å². The van der Waals surface area contributed by atoms with E-state index in [-0.39, 0.29) is 30.0 Å². The van der Waals surface area contributed by atoms with E-state index in [9.17, 15) is 14.7 Å². The van der Waals surface area contributed by atoms with E-state index in [0.717, 1.165) is 0 Å². The molecule has 3 fully saturated rings. The van der Waals surface area contributed by atoms with Gasteiger partial charge in [0.25, 0.3) is 0 Å². The van der Waals surface area contributed by atoms with Crippen LogP contribution >= 0.6 is 0 Å². The van der Waals surface area contributed by atoms with Crippen LogP contribution in [-0.4, -0.2) is 35.2 Å². The number of Topliss-reactive ketones (excluding diaryl/α,β-unsaturated/α-hetero) is 1. The van der Waals surface area contributed by atoms with Crippen LogP contribution in [0.3, 0.4) is 0 Å². The number of carbonyl (C=O) groups is 2. The molecule has 1 N–H and O–H groups in total. The molecule has 0 aromatic carbocycles. The molecule has 16 heavy (non-hydrogen) atoms. The van der Waals surface area contributed by atoms with Crippen molar-refractivity contribution >= 4 is 11.8 Å². The van der Waals surface area contributed by atoms with Gasteiger partial charge in [-0.1, -0.05) is 13.5 Å². The second kappa shape index (κ2) is 2.73. The Hall–Kier alpha value is -1.20. The van der Waals surface area contributed by atoms with E-state index in [4.69, 9.17) is 9.47 Å². The molecule has 0 aromatic rings. The Kier molecular flexibility index (Phi) is 1.70. The molecule has 0 aromatic heterocycles. The van der Waals surface area contributed by atoms with Gasteiger partial charge in [-0.05, 0) is 0 Å². The van der Waals surface area contributed by atoms with Crippen LogP contribution in [0, 0.1) is 11.3 Å². The first-order valence-corrected chi connectivity index (χ1v) is 5.27. The van der Waals surface area contributed by atoms with Crippen molar-refractivity contribution < 1.29 is 24.2 Å². The molecular formula is C11H12O5. The van der Waals surface area contributed by atoms with Crippen molar-refractivity contribution in [2.45, 2.75) is 31.7 Å². The summed E-state index contributed by atoms with van der Waals surface area (Å²) in [4.78, 5) is 23.5. The van der Waals surface area contributed by atoms with Crippen molar-refractivity contribution in [2.75, 3.05) is 0 Å². The highest BCUT2D eigenvalue weighted by Crippen LogP contribution is 2.57. The lowest BCUT2D eigenvalue weighted by Gasteiger charge is -2.35. The number of hydrogen-bond donors (Lipinski definition) is 1. The summed E-state index contributed by atoms with van der Waals surface area (Å²) in [6.07, 6.45) is -2.17. The number of aliphatic hydroxyl groups excluding tert-OH is 1. The molecule has 0 amide bonds. The van der Waals surface area contributed by atoms with Gasteiger partial charge in [0.05, 0.1) is 6.10 Å². The minimum atomic E-state index is -1.34. The molecule has 3 aliphatic rings. The zero-order valence-electron chi connectivity index (χ0n) is 8.80. The predicted molar refractivity (Wildman–Crippen MR) is 51.1 cm³/mol. The SMILES string of the molecule is C=C1OC(=O)[C@@]23[C@H](C)[C@@H](CC(=O)[C@@H]2O)O[C@@H]13. The third kappa shape index (κ3) is 0.814. The highest BCUT2D eigenvalue weighted by Gasteiger charge is 2.73. The van der Waals surface area contributed by atoms with Crippen LogP contribution in [0.25, 0.3) is 0 Å². The van der Waals surface area contributed by atoms with Crippen LogP contribution in [-0.2, 0) is 19.1 Å². The highest BCUT2D eigenvalue weighted by atomic mass is 16.6. The van der Waals surface area contributed by atoms with Crippen LogP contribution < -0.4 is 0 Å². The predicted octanol–water partition coefficient (Wildman–Crippen LogP) is -0.219. The molecule has 5 nitrogen and oxygen atoms in total. The van der Waals surface area contributed by atoms with Gasteiger partial charge < -0.3 is 14.6 Å². The Labute approximate surface area is 92.0 Å². The fraction of sp³-hybridized carbons (Fsp3) is 0.636. The molecule has 2 aliphatic heterocycles. The van der Waals surface area contributed by atoms with Crippen molar-refractivity contribution in [1.82, 2.24) is 0 Å². The largest absolute Gasteiger partial charge is 0.428 e. The average molecular weight is 224 g/mol. The zero-order valence-corrected chi connectivity index (χ0v) is 8.80. The summed E-state index contributed by atoms with van der Waals surface area (Å²) in [7, 11) is 0. The maximum absolute atomic E-state index is 11.9. The number of hydrogen-bond acceptors (Lipinski definition) is 5. The van der Waals surface area contributed by atoms with E-state index in [1.165, 1.54) is 0 Å². The van der Waals surface area contributed by atoms with Crippen LogP contribution in [0.1, 0.15) is 13.3 Å². The number of esters is 1. The molecule has 5 heteroatoms. The Bertz CT molecular complexity index is 415.